The summed E-state index contributed by atoms with van der Waals surface area (Å²) in [7, 11) is 1.40. The maximum atomic E-state index is 13.0. The molecule has 0 saturated carbocycles. The zero-order valence-electron chi connectivity index (χ0n) is 20.7. The summed E-state index contributed by atoms with van der Waals surface area (Å²) in [5.41, 5.74) is 7.11. The van der Waals surface area contributed by atoms with Crippen molar-refractivity contribution in [2.24, 2.45) is 5.92 Å². The summed E-state index contributed by atoms with van der Waals surface area (Å²) in [5, 5.41) is 23.2. The van der Waals surface area contributed by atoms with Crippen molar-refractivity contribution in [2.45, 2.75) is 38.4 Å². The second-order valence-corrected chi connectivity index (χ2v) is 9.05. The van der Waals surface area contributed by atoms with E-state index in [9.17, 15) is 19.8 Å². The number of ether oxygens (including phenoxy) is 1. The highest BCUT2D eigenvalue weighted by molar-refractivity contribution is 5.94. The number of aromatic nitrogens is 4. The van der Waals surface area contributed by atoms with Crippen molar-refractivity contribution in [3.05, 3.63) is 48.0 Å². The number of nitrogen functional groups attached to an aromatic ring is 1. The van der Waals surface area contributed by atoms with Gasteiger partial charge < -0.3 is 30.9 Å². The Morgan fingerprint density at radius 2 is 1.95 bits per heavy atom. The first-order valence-electron chi connectivity index (χ1n) is 11.8. The fraction of sp³-hybridized carbons (Fsp3) is 0.400. The molecule has 0 spiro atoms. The van der Waals surface area contributed by atoms with Gasteiger partial charge in [0.05, 0.1) is 12.9 Å². The lowest BCUT2D eigenvalue weighted by atomic mass is 10.1. The number of hydrogen-bond donors (Lipinski definition) is 4. The van der Waals surface area contributed by atoms with Gasteiger partial charge in [0.15, 0.2) is 23.8 Å². The van der Waals surface area contributed by atoms with Crippen molar-refractivity contribution < 1.29 is 24.5 Å². The number of fused-ring (bicyclic) bond motifs is 1. The molecule has 12 heteroatoms. The number of anilines is 1. The summed E-state index contributed by atoms with van der Waals surface area (Å²) in [6.07, 6.45) is -3.94. The number of amides is 2. The van der Waals surface area contributed by atoms with Gasteiger partial charge in [-0.2, -0.15) is 0 Å². The minimum Gasteiger partial charge on any atom is -0.387 e. The second kappa shape index (κ2) is 10.9. The average molecular weight is 508 g/mol. The van der Waals surface area contributed by atoms with Gasteiger partial charge in [-0.25, -0.2) is 15.0 Å². The Morgan fingerprint density at radius 1 is 1.22 bits per heavy atom. The van der Waals surface area contributed by atoms with Crippen molar-refractivity contribution in [3.63, 3.8) is 0 Å². The normalized spacial score (nSPS) is 21.0. The van der Waals surface area contributed by atoms with E-state index in [2.05, 4.69) is 32.1 Å². The Bertz CT molecular complexity index is 1350. The van der Waals surface area contributed by atoms with Crippen molar-refractivity contribution in [3.8, 4) is 11.8 Å². The largest absolute Gasteiger partial charge is 0.387 e. The van der Waals surface area contributed by atoms with Gasteiger partial charge in [-0.3, -0.25) is 14.2 Å². The summed E-state index contributed by atoms with van der Waals surface area (Å²) in [4.78, 5) is 39.4. The number of aliphatic hydroxyl groups is 2. The highest BCUT2D eigenvalue weighted by atomic mass is 16.6. The molecule has 4 rings (SSSR count). The maximum Gasteiger partial charge on any atom is 0.254 e. The molecule has 1 aliphatic rings. The van der Waals surface area contributed by atoms with E-state index >= 15 is 0 Å². The van der Waals surface area contributed by atoms with Gasteiger partial charge in [0.2, 0.25) is 5.82 Å². The maximum absolute atomic E-state index is 13.0. The Kier molecular flexibility index (Phi) is 7.68. The molecule has 5 N–H and O–H groups in total. The van der Waals surface area contributed by atoms with Crippen LogP contribution in [0.15, 0.2) is 36.7 Å². The smallest absolute Gasteiger partial charge is 0.254 e. The second-order valence-electron chi connectivity index (χ2n) is 9.05. The van der Waals surface area contributed by atoms with Crippen LogP contribution in [0.2, 0.25) is 0 Å². The van der Waals surface area contributed by atoms with Crippen LogP contribution in [0, 0.1) is 17.8 Å². The number of nitrogens with two attached hydrogens (primary N) is 1. The van der Waals surface area contributed by atoms with E-state index in [1.807, 2.05) is 32.0 Å². The van der Waals surface area contributed by atoms with E-state index in [4.69, 9.17) is 10.5 Å². The average Bonchev–Trinajstić information content (AvgIpc) is 3.44. The highest BCUT2D eigenvalue weighted by Gasteiger charge is 2.47. The number of benzene rings is 1. The Hall–Kier alpha value is -4.05. The molecule has 3 aromatic rings. The summed E-state index contributed by atoms with van der Waals surface area (Å²) >= 11 is 0. The molecular weight excluding hydrogens is 478 g/mol. The molecule has 3 heterocycles. The molecule has 1 fully saturated rings. The van der Waals surface area contributed by atoms with Crippen LogP contribution < -0.4 is 11.1 Å². The first-order chi connectivity index (χ1) is 17.7. The van der Waals surface area contributed by atoms with E-state index in [1.165, 1.54) is 17.9 Å². The molecule has 37 heavy (non-hydrogen) atoms. The molecule has 2 amide bonds. The standard InChI is InChI=1S/C25H29N7O5/c1-14(2)12-31(24(36)15-8-5-4-6-9-15)11-7-10-16-29-21(26)17-22(30-16)32(13-28-17)25-19(34)18(33)20(37-25)23(35)27-3/h4-6,8-9,13-14,18-20,25,33-34H,11-12H2,1-3H3,(H,27,35)(H2,26,29,30)/t18?,19-,20+,25-/m1/s1. The summed E-state index contributed by atoms with van der Waals surface area (Å²) < 4.78 is 6.99. The van der Waals surface area contributed by atoms with Gasteiger partial charge in [0.25, 0.3) is 11.8 Å². The third kappa shape index (κ3) is 5.39. The number of carbonyl (C=O) groups is 2. The van der Waals surface area contributed by atoms with Crippen molar-refractivity contribution in [1.82, 2.24) is 29.7 Å². The Labute approximate surface area is 213 Å². The van der Waals surface area contributed by atoms with E-state index in [0.29, 0.717) is 12.1 Å². The van der Waals surface area contributed by atoms with Gasteiger partial charge >= 0.3 is 0 Å². The number of rotatable bonds is 6. The number of imidazole rings is 1. The first kappa shape index (κ1) is 26.0. The van der Waals surface area contributed by atoms with Crippen LogP contribution in [-0.2, 0) is 9.53 Å². The lowest BCUT2D eigenvalue weighted by molar-refractivity contribution is -0.137. The molecular formula is C25H29N7O5. The van der Waals surface area contributed by atoms with Gasteiger partial charge in [-0.1, -0.05) is 38.0 Å². The van der Waals surface area contributed by atoms with Crippen LogP contribution in [-0.4, -0.2) is 84.9 Å². The third-order valence-corrected chi connectivity index (χ3v) is 5.83. The molecule has 12 nitrogen and oxygen atoms in total. The molecule has 1 unspecified atom stereocenters. The fourth-order valence-corrected chi connectivity index (χ4v) is 4.07. The minimum absolute atomic E-state index is 0.0586. The van der Waals surface area contributed by atoms with Crippen LogP contribution >= 0.6 is 0 Å². The zero-order valence-corrected chi connectivity index (χ0v) is 20.7. The SMILES string of the molecule is CNC(=O)[C@H]1O[C@@H](n2cnc3c(N)nc(C#CCN(CC(C)C)C(=O)c4ccccc4)nc32)[C@H](O)C1O. The molecule has 2 aromatic heterocycles. The number of carbonyl (C=O) groups excluding carboxylic acids is 2. The van der Waals surface area contributed by atoms with Crippen molar-refractivity contribution in [1.29, 1.82) is 0 Å². The number of aliphatic hydroxyl groups excluding tert-OH is 2. The summed E-state index contributed by atoms with van der Waals surface area (Å²) in [5.74, 6) is 5.47. The number of nitrogens with zero attached hydrogens (tertiary/aromatic N) is 5. The van der Waals surface area contributed by atoms with Crippen LogP contribution in [0.4, 0.5) is 5.82 Å². The fourth-order valence-electron chi connectivity index (χ4n) is 4.07. The van der Waals surface area contributed by atoms with Gasteiger partial charge in [-0.05, 0) is 24.0 Å². The molecule has 194 valence electrons. The van der Waals surface area contributed by atoms with Gasteiger partial charge in [0.1, 0.15) is 17.7 Å². The first-order valence-corrected chi connectivity index (χ1v) is 11.8. The quantitative estimate of drug-likeness (QED) is 0.334. The number of nitrogens with one attached hydrogen (secondary N) is 1. The topological polar surface area (TPSA) is 169 Å². The van der Waals surface area contributed by atoms with Crippen LogP contribution in [0.5, 0.6) is 0 Å². The van der Waals surface area contributed by atoms with E-state index in [-0.39, 0.29) is 41.2 Å². The van der Waals surface area contributed by atoms with Crippen molar-refractivity contribution >= 4 is 28.8 Å². The zero-order chi connectivity index (χ0) is 26.7. The molecule has 1 saturated heterocycles. The Balaban J connectivity index is 1.60. The van der Waals surface area contributed by atoms with Gasteiger partial charge in [0, 0.05) is 19.2 Å². The third-order valence-electron chi connectivity index (χ3n) is 5.83. The lowest BCUT2D eigenvalue weighted by Crippen LogP contribution is -2.41. The predicted molar refractivity (Wildman–Crippen MR) is 134 cm³/mol. The van der Waals surface area contributed by atoms with E-state index in [0.717, 1.165) is 0 Å². The van der Waals surface area contributed by atoms with E-state index in [1.54, 1.807) is 17.0 Å². The highest BCUT2D eigenvalue weighted by Crippen LogP contribution is 2.32. The van der Waals surface area contributed by atoms with Crippen molar-refractivity contribution in [2.75, 3.05) is 25.9 Å². The molecule has 0 radical (unpaired) electrons. The molecule has 1 aliphatic heterocycles. The number of likely N-dealkylation sites (N-methyl/N-ethyl adjacent to an activating group) is 1. The number of hydrogen-bond acceptors (Lipinski definition) is 9. The van der Waals surface area contributed by atoms with Crippen LogP contribution in [0.1, 0.15) is 36.3 Å². The Morgan fingerprint density at radius 3 is 2.62 bits per heavy atom. The van der Waals surface area contributed by atoms with Gasteiger partial charge in [-0.15, -0.1) is 0 Å². The lowest BCUT2D eigenvalue weighted by Gasteiger charge is -2.22. The molecule has 0 bridgehead atoms. The minimum atomic E-state index is -1.45. The monoisotopic (exact) mass is 507 g/mol. The van der Waals surface area contributed by atoms with E-state index < -0.39 is 30.4 Å². The van der Waals surface area contributed by atoms with Crippen LogP contribution in [0.3, 0.4) is 0 Å². The molecule has 4 atom stereocenters. The predicted octanol–water partition coefficient (Wildman–Crippen LogP) is -0.0764. The summed E-state index contributed by atoms with van der Waals surface area (Å²) in [6, 6.07) is 8.98. The molecule has 1 aromatic carbocycles. The molecule has 0 aliphatic carbocycles. The van der Waals surface area contributed by atoms with Crippen LogP contribution in [0.25, 0.3) is 11.2 Å². The summed E-state index contributed by atoms with van der Waals surface area (Å²) in [6.45, 7) is 4.70.